The molecule has 6 nitrogen and oxygen atoms in total. The minimum absolute atomic E-state index is 0.0810. The van der Waals surface area contributed by atoms with E-state index in [0.717, 1.165) is 19.3 Å². The first-order valence-electron chi connectivity index (χ1n) is 6.96. The molecule has 1 N–H and O–H groups in total. The largest absolute Gasteiger partial charge is 0.481 e. The number of nitro groups is 1. The van der Waals surface area contributed by atoms with Crippen molar-refractivity contribution in [2.24, 2.45) is 5.41 Å². The SMILES string of the molecule is O=C(O)CC1(C(=O)c2ccc([N+](=O)[O-])cc2)CCCCC1. The number of carbonyl (C=O) groups is 2. The van der Waals surface area contributed by atoms with Gasteiger partial charge in [-0.3, -0.25) is 19.7 Å². The predicted molar refractivity (Wildman–Crippen MR) is 75.2 cm³/mol. The Bertz CT molecular complexity index is 558. The van der Waals surface area contributed by atoms with Crippen LogP contribution < -0.4 is 0 Å². The van der Waals surface area contributed by atoms with Gasteiger partial charge >= 0.3 is 5.97 Å². The van der Waals surface area contributed by atoms with E-state index < -0.39 is 16.3 Å². The number of hydrogen-bond acceptors (Lipinski definition) is 4. The molecule has 1 aromatic carbocycles. The van der Waals surface area contributed by atoms with E-state index in [0.29, 0.717) is 18.4 Å². The van der Waals surface area contributed by atoms with E-state index >= 15 is 0 Å². The summed E-state index contributed by atoms with van der Waals surface area (Å²) in [5, 5.41) is 19.7. The Hall–Kier alpha value is -2.24. The van der Waals surface area contributed by atoms with Crippen molar-refractivity contribution in [3.8, 4) is 0 Å². The maximum Gasteiger partial charge on any atom is 0.304 e. The third-order valence-electron chi connectivity index (χ3n) is 4.12. The smallest absolute Gasteiger partial charge is 0.304 e. The molecule has 0 bridgehead atoms. The molecule has 1 aliphatic rings. The van der Waals surface area contributed by atoms with Crippen LogP contribution in [0.4, 0.5) is 5.69 Å². The lowest BCUT2D eigenvalue weighted by atomic mass is 9.67. The molecule has 1 aromatic rings. The number of rotatable bonds is 5. The van der Waals surface area contributed by atoms with Gasteiger partial charge in [0.1, 0.15) is 0 Å². The van der Waals surface area contributed by atoms with Gasteiger partial charge in [-0.25, -0.2) is 0 Å². The van der Waals surface area contributed by atoms with Crippen molar-refractivity contribution < 1.29 is 19.6 Å². The Morgan fingerprint density at radius 2 is 1.71 bits per heavy atom. The summed E-state index contributed by atoms with van der Waals surface area (Å²) < 4.78 is 0. The Labute approximate surface area is 121 Å². The molecule has 0 atom stereocenters. The molecule has 1 saturated carbocycles. The Morgan fingerprint density at radius 1 is 1.14 bits per heavy atom. The van der Waals surface area contributed by atoms with Gasteiger partial charge in [0.25, 0.3) is 5.69 Å². The zero-order valence-corrected chi connectivity index (χ0v) is 11.6. The summed E-state index contributed by atoms with van der Waals surface area (Å²) in [7, 11) is 0. The molecule has 112 valence electrons. The number of benzene rings is 1. The number of Topliss-reactive ketones (excluding diaryl/α,β-unsaturated/α-hetero) is 1. The van der Waals surface area contributed by atoms with E-state index in [-0.39, 0.29) is 17.9 Å². The fraction of sp³-hybridized carbons (Fsp3) is 0.467. The van der Waals surface area contributed by atoms with Crippen molar-refractivity contribution in [2.45, 2.75) is 38.5 Å². The van der Waals surface area contributed by atoms with Crippen molar-refractivity contribution >= 4 is 17.4 Å². The molecule has 1 aliphatic carbocycles. The highest BCUT2D eigenvalue weighted by Gasteiger charge is 2.41. The van der Waals surface area contributed by atoms with E-state index in [1.165, 1.54) is 24.3 Å². The number of non-ortho nitro benzene ring substituents is 1. The maximum atomic E-state index is 12.7. The zero-order chi connectivity index (χ0) is 15.5. The minimum Gasteiger partial charge on any atom is -0.481 e. The fourth-order valence-electron chi connectivity index (χ4n) is 3.04. The van der Waals surface area contributed by atoms with E-state index in [9.17, 15) is 19.7 Å². The van der Waals surface area contributed by atoms with Gasteiger partial charge in [0.05, 0.1) is 11.3 Å². The maximum absolute atomic E-state index is 12.7. The van der Waals surface area contributed by atoms with Crippen LogP contribution >= 0.6 is 0 Å². The van der Waals surface area contributed by atoms with Crippen molar-refractivity contribution in [1.29, 1.82) is 0 Å². The van der Waals surface area contributed by atoms with E-state index in [2.05, 4.69) is 0 Å². The molecular formula is C15H17NO5. The third-order valence-corrected chi connectivity index (χ3v) is 4.12. The standard InChI is InChI=1S/C15H17NO5/c17-13(18)10-15(8-2-1-3-9-15)14(19)11-4-6-12(7-5-11)16(20)21/h4-7H,1-3,8-10H2,(H,17,18). The highest BCUT2D eigenvalue weighted by Crippen LogP contribution is 2.42. The topological polar surface area (TPSA) is 97.5 Å². The van der Waals surface area contributed by atoms with Crippen LogP contribution in [0.5, 0.6) is 0 Å². The summed E-state index contributed by atoms with van der Waals surface area (Å²) in [5.41, 5.74) is -0.591. The van der Waals surface area contributed by atoms with Gasteiger partial charge in [0.2, 0.25) is 0 Å². The van der Waals surface area contributed by atoms with Crippen molar-refractivity contribution in [1.82, 2.24) is 0 Å². The lowest BCUT2D eigenvalue weighted by Gasteiger charge is -2.34. The van der Waals surface area contributed by atoms with Gasteiger partial charge in [-0.2, -0.15) is 0 Å². The molecule has 6 heteroatoms. The Balaban J connectivity index is 2.29. The molecule has 0 unspecified atom stereocenters. The molecule has 0 aliphatic heterocycles. The van der Waals surface area contributed by atoms with Gasteiger partial charge in [-0.05, 0) is 25.0 Å². The van der Waals surface area contributed by atoms with E-state index in [4.69, 9.17) is 5.11 Å². The molecule has 2 rings (SSSR count). The van der Waals surface area contributed by atoms with E-state index in [1.807, 2.05) is 0 Å². The number of nitrogens with zero attached hydrogens (tertiary/aromatic N) is 1. The first kappa shape index (κ1) is 15.2. The van der Waals surface area contributed by atoms with Gasteiger partial charge in [0.15, 0.2) is 5.78 Å². The molecule has 0 heterocycles. The summed E-state index contributed by atoms with van der Waals surface area (Å²) in [6, 6.07) is 5.40. The van der Waals surface area contributed by atoms with Crippen LogP contribution in [0.1, 0.15) is 48.9 Å². The minimum atomic E-state index is -0.979. The average Bonchev–Trinajstić information content (AvgIpc) is 2.47. The molecular weight excluding hydrogens is 274 g/mol. The van der Waals surface area contributed by atoms with Crippen LogP contribution in [0, 0.1) is 15.5 Å². The van der Waals surface area contributed by atoms with Gasteiger partial charge in [-0.15, -0.1) is 0 Å². The van der Waals surface area contributed by atoms with Gasteiger partial charge in [0, 0.05) is 23.1 Å². The van der Waals surface area contributed by atoms with Gasteiger partial charge < -0.3 is 5.11 Å². The Morgan fingerprint density at radius 3 is 2.19 bits per heavy atom. The summed E-state index contributed by atoms with van der Waals surface area (Å²) in [5.74, 6) is -1.19. The van der Waals surface area contributed by atoms with Crippen LogP contribution in [0.25, 0.3) is 0 Å². The quantitative estimate of drug-likeness (QED) is 0.510. The molecule has 1 fully saturated rings. The second-order valence-electron chi connectivity index (χ2n) is 5.54. The van der Waals surface area contributed by atoms with Crippen molar-refractivity contribution in [3.05, 3.63) is 39.9 Å². The average molecular weight is 291 g/mol. The second kappa shape index (κ2) is 6.03. The summed E-state index contributed by atoms with van der Waals surface area (Å²) >= 11 is 0. The molecule has 0 radical (unpaired) electrons. The summed E-state index contributed by atoms with van der Waals surface area (Å²) in [6.45, 7) is 0. The highest BCUT2D eigenvalue weighted by molar-refractivity contribution is 6.02. The number of hydrogen-bond donors (Lipinski definition) is 1. The first-order chi connectivity index (χ1) is 9.94. The Kier molecular flexibility index (Phi) is 4.35. The second-order valence-corrected chi connectivity index (χ2v) is 5.54. The predicted octanol–water partition coefficient (Wildman–Crippen LogP) is 3.20. The lowest BCUT2D eigenvalue weighted by Crippen LogP contribution is -2.35. The highest BCUT2D eigenvalue weighted by atomic mass is 16.6. The van der Waals surface area contributed by atoms with E-state index in [1.54, 1.807) is 0 Å². The lowest BCUT2D eigenvalue weighted by molar-refractivity contribution is -0.384. The number of nitro benzene ring substituents is 1. The number of ketones is 1. The van der Waals surface area contributed by atoms with Crippen molar-refractivity contribution in [2.75, 3.05) is 0 Å². The summed E-state index contributed by atoms with van der Waals surface area (Å²) in [4.78, 5) is 33.9. The van der Waals surface area contributed by atoms with Crippen LogP contribution in [-0.2, 0) is 4.79 Å². The van der Waals surface area contributed by atoms with Gasteiger partial charge in [-0.1, -0.05) is 19.3 Å². The fourth-order valence-corrected chi connectivity index (χ4v) is 3.04. The molecule has 0 saturated heterocycles. The zero-order valence-electron chi connectivity index (χ0n) is 11.6. The number of aliphatic carboxylic acids is 1. The third kappa shape index (κ3) is 3.26. The van der Waals surface area contributed by atoms with Crippen molar-refractivity contribution in [3.63, 3.8) is 0 Å². The van der Waals surface area contributed by atoms with Crippen LogP contribution in [-0.4, -0.2) is 21.8 Å². The van der Waals surface area contributed by atoms with Crippen LogP contribution in [0.15, 0.2) is 24.3 Å². The molecule has 0 aromatic heterocycles. The first-order valence-corrected chi connectivity index (χ1v) is 6.96. The monoisotopic (exact) mass is 291 g/mol. The molecule has 0 amide bonds. The normalized spacial score (nSPS) is 17.1. The number of carboxylic acids is 1. The molecule has 0 spiro atoms. The number of carbonyl (C=O) groups excluding carboxylic acids is 1. The number of carboxylic acid groups (broad SMARTS) is 1. The molecule has 21 heavy (non-hydrogen) atoms. The van der Waals surface area contributed by atoms with Crippen LogP contribution in [0.3, 0.4) is 0 Å². The summed E-state index contributed by atoms with van der Waals surface area (Å²) in [6.07, 6.45) is 3.64. The van der Waals surface area contributed by atoms with Crippen LogP contribution in [0.2, 0.25) is 0 Å².